The summed E-state index contributed by atoms with van der Waals surface area (Å²) in [6.07, 6.45) is 4.70. The molecule has 5 nitrogen and oxygen atoms in total. The van der Waals surface area contributed by atoms with Gasteiger partial charge in [0.2, 0.25) is 0 Å². The number of aryl methyl sites for hydroxylation is 2. The van der Waals surface area contributed by atoms with Crippen molar-refractivity contribution in [3.05, 3.63) is 94.5 Å². The Morgan fingerprint density at radius 3 is 2.53 bits per heavy atom. The largest absolute Gasteiger partial charge is 0.351 e. The van der Waals surface area contributed by atoms with E-state index < -0.39 is 0 Å². The van der Waals surface area contributed by atoms with Gasteiger partial charge in [0.15, 0.2) is 10.2 Å². The van der Waals surface area contributed by atoms with E-state index in [1.165, 1.54) is 16.8 Å². The van der Waals surface area contributed by atoms with Gasteiger partial charge in [-0.05, 0) is 73.9 Å². The summed E-state index contributed by atoms with van der Waals surface area (Å²) in [7, 11) is 0. The van der Waals surface area contributed by atoms with E-state index in [4.69, 9.17) is 12.2 Å². The van der Waals surface area contributed by atoms with Gasteiger partial charge in [0.25, 0.3) is 0 Å². The molecule has 7 heteroatoms. The monoisotopic (exact) mass is 459 g/mol. The van der Waals surface area contributed by atoms with E-state index in [9.17, 15) is 0 Å². The molecule has 4 aromatic rings. The number of benzene rings is 1. The summed E-state index contributed by atoms with van der Waals surface area (Å²) in [6.45, 7) is 6.47. The lowest BCUT2D eigenvalue weighted by atomic mass is 9.96. The average Bonchev–Trinajstić information content (AvgIpc) is 3.52. The van der Waals surface area contributed by atoms with Crippen molar-refractivity contribution >= 4 is 34.4 Å². The summed E-state index contributed by atoms with van der Waals surface area (Å²) in [4.78, 5) is 11.5. The molecule has 0 amide bonds. The lowest BCUT2D eigenvalue weighted by Gasteiger charge is -2.28. The summed E-state index contributed by atoms with van der Waals surface area (Å²) >= 11 is 7.51. The van der Waals surface area contributed by atoms with Gasteiger partial charge in [0, 0.05) is 34.8 Å². The van der Waals surface area contributed by atoms with Crippen LogP contribution in [0.5, 0.6) is 0 Å². The fourth-order valence-electron chi connectivity index (χ4n) is 4.55. The number of anilines is 1. The first-order chi connectivity index (χ1) is 15.6. The lowest BCUT2D eigenvalue weighted by molar-refractivity contribution is 0.565. The summed E-state index contributed by atoms with van der Waals surface area (Å²) < 4.78 is 2.23. The molecule has 3 aromatic heterocycles. The average molecular weight is 460 g/mol. The van der Waals surface area contributed by atoms with Gasteiger partial charge in [-0.1, -0.05) is 25.1 Å². The van der Waals surface area contributed by atoms with Crippen molar-refractivity contribution < 1.29 is 0 Å². The first-order valence-electron chi connectivity index (χ1n) is 10.8. The Labute approximate surface area is 197 Å². The Kier molecular flexibility index (Phi) is 5.53. The fourth-order valence-corrected chi connectivity index (χ4v) is 5.65. The van der Waals surface area contributed by atoms with Crippen LogP contribution in [0.1, 0.15) is 47.2 Å². The highest BCUT2D eigenvalue weighted by molar-refractivity contribution is 7.80. The van der Waals surface area contributed by atoms with Crippen molar-refractivity contribution in [2.45, 2.75) is 39.3 Å². The molecule has 0 aliphatic carbocycles. The first-order valence-corrected chi connectivity index (χ1v) is 12.1. The maximum Gasteiger partial charge on any atom is 0.193 e. The number of pyridine rings is 1. The Balaban J connectivity index is 1.66. The molecule has 2 atom stereocenters. The number of thiazole rings is 1. The summed E-state index contributed by atoms with van der Waals surface area (Å²) in [5, 5.41) is 7.27. The van der Waals surface area contributed by atoms with Crippen molar-refractivity contribution in [2.24, 2.45) is 0 Å². The number of rotatable bonds is 5. The molecule has 1 aliphatic rings. The zero-order chi connectivity index (χ0) is 22.2. The van der Waals surface area contributed by atoms with Gasteiger partial charge < -0.3 is 10.2 Å². The number of hydrogen-bond acceptors (Lipinski definition) is 4. The molecule has 0 spiro atoms. The van der Waals surface area contributed by atoms with Crippen molar-refractivity contribution in [2.75, 3.05) is 4.90 Å². The van der Waals surface area contributed by atoms with E-state index in [1.807, 2.05) is 29.9 Å². The third-order valence-corrected chi connectivity index (χ3v) is 7.19. The summed E-state index contributed by atoms with van der Waals surface area (Å²) in [5.41, 5.74) is 6.93. The molecule has 0 unspecified atom stereocenters. The normalized spacial score (nSPS) is 18.2. The minimum absolute atomic E-state index is 0.0233. The predicted octanol–water partition coefficient (Wildman–Crippen LogP) is 5.69. The SMILES string of the molecule is CCc1ccc(N2C(=S)N[C@H](c3ccccn3)[C@@H]2c2cc(C)n(-c3nccs3)c2C)cc1. The molecular formula is C25H25N5S2. The Hall–Kier alpha value is -3.03. The van der Waals surface area contributed by atoms with Crippen LogP contribution in [-0.4, -0.2) is 19.6 Å². The van der Waals surface area contributed by atoms with E-state index in [-0.39, 0.29) is 12.1 Å². The second kappa shape index (κ2) is 8.48. The van der Waals surface area contributed by atoms with Gasteiger partial charge in [0.1, 0.15) is 0 Å². The third kappa shape index (κ3) is 3.51. The molecule has 4 heterocycles. The van der Waals surface area contributed by atoms with E-state index >= 15 is 0 Å². The standard InChI is InChI=1S/C25H25N5S2/c1-4-18-8-10-19(11-9-18)30-23(22(28-24(30)31)21-7-5-6-12-26-21)20-15-16(2)29(17(20)3)25-27-13-14-32-25/h5-15,22-23H,4H2,1-3H3,(H,28,31)/t22-,23+/m1/s1. The molecule has 1 fully saturated rings. The molecule has 0 bridgehead atoms. The van der Waals surface area contributed by atoms with E-state index in [1.54, 1.807) is 11.3 Å². The molecule has 0 saturated carbocycles. The summed E-state index contributed by atoms with van der Waals surface area (Å²) in [5.74, 6) is 0. The van der Waals surface area contributed by atoms with E-state index in [0.717, 1.165) is 28.6 Å². The van der Waals surface area contributed by atoms with E-state index in [0.29, 0.717) is 5.11 Å². The molecule has 32 heavy (non-hydrogen) atoms. The van der Waals surface area contributed by atoms with Gasteiger partial charge in [-0.25, -0.2) is 4.98 Å². The predicted molar refractivity (Wildman–Crippen MR) is 135 cm³/mol. The topological polar surface area (TPSA) is 46.0 Å². The minimum Gasteiger partial charge on any atom is -0.351 e. The van der Waals surface area contributed by atoms with Gasteiger partial charge in [-0.15, -0.1) is 11.3 Å². The second-order valence-corrected chi connectivity index (χ2v) is 9.25. The maximum atomic E-state index is 5.87. The Morgan fingerprint density at radius 2 is 1.88 bits per heavy atom. The van der Waals surface area contributed by atoms with Crippen LogP contribution >= 0.6 is 23.6 Å². The third-order valence-electron chi connectivity index (χ3n) is 6.12. The van der Waals surface area contributed by atoms with Crippen LogP contribution < -0.4 is 10.2 Å². The van der Waals surface area contributed by atoms with Crippen molar-refractivity contribution in [1.29, 1.82) is 0 Å². The van der Waals surface area contributed by atoms with Gasteiger partial charge in [-0.3, -0.25) is 9.55 Å². The molecule has 0 radical (unpaired) electrons. The quantitative estimate of drug-likeness (QED) is 0.389. The Bertz CT molecular complexity index is 1230. The van der Waals surface area contributed by atoms with E-state index in [2.05, 4.69) is 81.9 Å². The van der Waals surface area contributed by atoms with Gasteiger partial charge in [-0.2, -0.15) is 0 Å². The highest BCUT2D eigenvalue weighted by atomic mass is 32.1. The molecule has 1 saturated heterocycles. The van der Waals surface area contributed by atoms with Gasteiger partial charge in [0.05, 0.1) is 17.8 Å². The zero-order valence-corrected chi connectivity index (χ0v) is 20.0. The number of nitrogens with zero attached hydrogens (tertiary/aromatic N) is 4. The molecule has 1 aromatic carbocycles. The molecule has 1 aliphatic heterocycles. The minimum atomic E-state index is -0.0557. The van der Waals surface area contributed by atoms with Crippen molar-refractivity contribution in [3.8, 4) is 5.13 Å². The van der Waals surface area contributed by atoms with Crippen LogP contribution in [-0.2, 0) is 6.42 Å². The van der Waals surface area contributed by atoms with Crippen LogP contribution in [0.15, 0.2) is 66.3 Å². The fraction of sp³-hybridized carbons (Fsp3) is 0.240. The number of aromatic nitrogens is 3. The first kappa shape index (κ1) is 20.8. The highest BCUT2D eigenvalue weighted by Gasteiger charge is 2.42. The van der Waals surface area contributed by atoms with Crippen molar-refractivity contribution in [3.63, 3.8) is 0 Å². The molecule has 1 N–H and O–H groups in total. The van der Waals surface area contributed by atoms with Crippen molar-refractivity contribution in [1.82, 2.24) is 19.9 Å². The van der Waals surface area contributed by atoms with Gasteiger partial charge >= 0.3 is 0 Å². The molecule has 5 rings (SSSR count). The highest BCUT2D eigenvalue weighted by Crippen LogP contribution is 2.43. The van der Waals surface area contributed by atoms with Crippen LogP contribution in [0.4, 0.5) is 5.69 Å². The number of hydrogen-bond donors (Lipinski definition) is 1. The summed E-state index contributed by atoms with van der Waals surface area (Å²) in [6, 6.07) is 16.9. The van der Waals surface area contributed by atoms with Crippen LogP contribution in [0.3, 0.4) is 0 Å². The van der Waals surface area contributed by atoms with Crippen LogP contribution in [0.2, 0.25) is 0 Å². The second-order valence-electron chi connectivity index (χ2n) is 7.99. The van der Waals surface area contributed by atoms with Crippen LogP contribution in [0.25, 0.3) is 5.13 Å². The number of nitrogens with one attached hydrogen (secondary N) is 1. The molecule has 162 valence electrons. The molecular weight excluding hydrogens is 434 g/mol. The lowest BCUT2D eigenvalue weighted by Crippen LogP contribution is -2.29. The Morgan fingerprint density at radius 1 is 1.06 bits per heavy atom. The maximum absolute atomic E-state index is 5.87. The number of thiocarbonyl (C=S) groups is 1. The zero-order valence-electron chi connectivity index (χ0n) is 18.3. The van der Waals surface area contributed by atoms with Crippen LogP contribution in [0, 0.1) is 13.8 Å². The smallest absolute Gasteiger partial charge is 0.193 e.